The van der Waals surface area contributed by atoms with Crippen LogP contribution in [0.5, 0.6) is 0 Å². The van der Waals surface area contributed by atoms with Gasteiger partial charge in [0.05, 0.1) is 13.1 Å². The van der Waals surface area contributed by atoms with Gasteiger partial charge in [-0.25, -0.2) is 9.59 Å². The number of carbonyl (C=O) groups is 3. The zero-order valence-electron chi connectivity index (χ0n) is 15.6. The van der Waals surface area contributed by atoms with E-state index in [4.69, 9.17) is 9.47 Å². The van der Waals surface area contributed by atoms with Crippen molar-refractivity contribution in [3.05, 3.63) is 55.1 Å². The predicted octanol–water partition coefficient (Wildman–Crippen LogP) is 1.90. The summed E-state index contributed by atoms with van der Waals surface area (Å²) < 4.78 is 9.98. The number of hydrogen-bond acceptors (Lipinski definition) is 7. The molecule has 1 aromatic rings. The highest BCUT2D eigenvalue weighted by molar-refractivity contribution is 6.01. The third-order valence-corrected chi connectivity index (χ3v) is 3.59. The minimum absolute atomic E-state index is 0.116. The van der Waals surface area contributed by atoms with Gasteiger partial charge in [-0.15, -0.1) is 0 Å². The molecule has 1 N–H and O–H groups in total. The normalized spacial score (nSPS) is 10.6. The lowest BCUT2D eigenvalue weighted by atomic mass is 9.97. The van der Waals surface area contributed by atoms with E-state index < -0.39 is 17.5 Å². The second-order valence-electron chi connectivity index (χ2n) is 6.17. The molecule has 0 aliphatic carbocycles. The van der Waals surface area contributed by atoms with Crippen LogP contribution in [0.4, 0.5) is 5.69 Å². The summed E-state index contributed by atoms with van der Waals surface area (Å²) in [6.45, 7) is 10.5. The fourth-order valence-corrected chi connectivity index (χ4v) is 2.18. The Morgan fingerprint density at radius 3 is 1.81 bits per heavy atom. The number of nitrogens with zero attached hydrogens (tertiary/aromatic N) is 1. The van der Waals surface area contributed by atoms with Crippen LogP contribution in [0.3, 0.4) is 0 Å². The van der Waals surface area contributed by atoms with Gasteiger partial charge in [0.1, 0.15) is 18.8 Å². The molecule has 0 amide bonds. The van der Waals surface area contributed by atoms with Crippen LogP contribution in [0.2, 0.25) is 0 Å². The molecule has 0 atom stereocenters. The molecule has 0 aromatic heterocycles. The molecular formula is C20H25NO6. The van der Waals surface area contributed by atoms with Crippen molar-refractivity contribution in [3.8, 4) is 0 Å². The molecule has 146 valence electrons. The molecule has 0 aliphatic heterocycles. The van der Waals surface area contributed by atoms with E-state index in [0.717, 1.165) is 17.8 Å². The Balaban J connectivity index is 2.84. The molecule has 0 fully saturated rings. The number of rotatable bonds is 11. The second kappa shape index (κ2) is 10.3. The van der Waals surface area contributed by atoms with Crippen molar-refractivity contribution < 1.29 is 29.0 Å². The molecule has 1 aromatic carbocycles. The topological polar surface area (TPSA) is 93.1 Å². The largest absolute Gasteiger partial charge is 0.461 e. The van der Waals surface area contributed by atoms with Gasteiger partial charge in [-0.3, -0.25) is 4.79 Å². The minimum Gasteiger partial charge on any atom is -0.461 e. The zero-order chi connectivity index (χ0) is 20.4. The lowest BCUT2D eigenvalue weighted by Gasteiger charge is -2.25. The Morgan fingerprint density at radius 2 is 1.44 bits per heavy atom. The monoisotopic (exact) mass is 375 g/mol. The maximum Gasteiger partial charge on any atom is 0.330 e. The van der Waals surface area contributed by atoms with Crippen LogP contribution in [0, 0.1) is 0 Å². The van der Waals surface area contributed by atoms with Gasteiger partial charge in [0.15, 0.2) is 5.78 Å². The Morgan fingerprint density at radius 1 is 1.00 bits per heavy atom. The van der Waals surface area contributed by atoms with Crippen molar-refractivity contribution in [3.63, 3.8) is 0 Å². The van der Waals surface area contributed by atoms with Gasteiger partial charge >= 0.3 is 11.9 Å². The maximum atomic E-state index is 12.1. The molecule has 27 heavy (non-hydrogen) atoms. The Bertz CT molecular complexity index is 661. The number of Topliss-reactive ketones (excluding diaryl/α,β-unsaturated/α-hetero) is 1. The number of esters is 2. The average Bonchev–Trinajstić information content (AvgIpc) is 2.65. The Kier molecular flexibility index (Phi) is 8.41. The van der Waals surface area contributed by atoms with Crippen molar-refractivity contribution in [1.82, 2.24) is 0 Å². The van der Waals surface area contributed by atoms with Gasteiger partial charge in [0.2, 0.25) is 0 Å². The number of benzene rings is 1. The fourth-order valence-electron chi connectivity index (χ4n) is 2.18. The quantitative estimate of drug-likeness (QED) is 0.359. The highest BCUT2D eigenvalue weighted by Crippen LogP contribution is 2.18. The van der Waals surface area contributed by atoms with Crippen molar-refractivity contribution in [2.75, 3.05) is 31.2 Å². The highest BCUT2D eigenvalue weighted by Gasteiger charge is 2.25. The lowest BCUT2D eigenvalue weighted by molar-refractivity contribution is -0.137. The van der Waals surface area contributed by atoms with Gasteiger partial charge in [-0.05, 0) is 38.1 Å². The molecule has 0 heterocycles. The van der Waals surface area contributed by atoms with E-state index >= 15 is 0 Å². The summed E-state index contributed by atoms with van der Waals surface area (Å²) in [4.78, 5) is 36.3. The maximum absolute atomic E-state index is 12.1. The van der Waals surface area contributed by atoms with Crippen molar-refractivity contribution in [1.29, 1.82) is 0 Å². The van der Waals surface area contributed by atoms with E-state index in [0.29, 0.717) is 18.7 Å². The molecule has 0 bridgehead atoms. The summed E-state index contributed by atoms with van der Waals surface area (Å²) in [5.41, 5.74) is -0.340. The van der Waals surface area contributed by atoms with E-state index in [1.54, 1.807) is 24.3 Å². The molecule has 0 saturated heterocycles. The standard InChI is InChI=1S/C20H25NO6/c1-5-17(22)26-13-11-21(12-14-27-18(23)6-2)16-9-7-15(8-10-16)19(24)20(3,4)25/h5-10,25H,1-2,11-14H2,3-4H3. The molecule has 0 radical (unpaired) electrons. The molecule has 7 heteroatoms. The van der Waals surface area contributed by atoms with E-state index in [9.17, 15) is 19.5 Å². The average molecular weight is 375 g/mol. The number of aliphatic hydroxyl groups is 1. The summed E-state index contributed by atoms with van der Waals surface area (Å²) in [5.74, 6) is -1.45. The summed E-state index contributed by atoms with van der Waals surface area (Å²) in [7, 11) is 0. The summed E-state index contributed by atoms with van der Waals surface area (Å²) in [6, 6.07) is 6.63. The van der Waals surface area contributed by atoms with Crippen molar-refractivity contribution in [2.24, 2.45) is 0 Å². The smallest absolute Gasteiger partial charge is 0.330 e. The highest BCUT2D eigenvalue weighted by atomic mass is 16.5. The number of ether oxygens (including phenoxy) is 2. The van der Waals surface area contributed by atoms with Crippen LogP contribution in [0.1, 0.15) is 24.2 Å². The molecule has 0 spiro atoms. The predicted molar refractivity (Wildman–Crippen MR) is 102 cm³/mol. The SMILES string of the molecule is C=CC(=O)OCCN(CCOC(=O)C=C)c1ccc(C(=O)C(C)(C)O)cc1. The molecular weight excluding hydrogens is 350 g/mol. The van der Waals surface area contributed by atoms with Crippen LogP contribution >= 0.6 is 0 Å². The summed E-state index contributed by atoms with van der Waals surface area (Å²) in [5, 5.41) is 9.83. The van der Waals surface area contributed by atoms with Crippen LogP contribution < -0.4 is 4.90 Å². The molecule has 1 rings (SSSR count). The first-order chi connectivity index (χ1) is 12.7. The van der Waals surface area contributed by atoms with E-state index in [1.165, 1.54) is 13.8 Å². The first-order valence-electron chi connectivity index (χ1n) is 8.39. The molecule has 0 aliphatic rings. The first kappa shape index (κ1) is 22.1. The van der Waals surface area contributed by atoms with Crippen LogP contribution in [0.15, 0.2) is 49.6 Å². The third-order valence-electron chi connectivity index (χ3n) is 3.59. The van der Waals surface area contributed by atoms with Gasteiger partial charge < -0.3 is 19.5 Å². The molecule has 0 unspecified atom stereocenters. The third kappa shape index (κ3) is 7.45. The number of carbonyl (C=O) groups excluding carboxylic acids is 3. The van der Waals surface area contributed by atoms with Crippen molar-refractivity contribution >= 4 is 23.4 Å². The lowest BCUT2D eigenvalue weighted by Crippen LogP contribution is -2.32. The number of anilines is 1. The second-order valence-corrected chi connectivity index (χ2v) is 6.17. The van der Waals surface area contributed by atoms with E-state index in [-0.39, 0.29) is 19.0 Å². The fraction of sp³-hybridized carbons (Fsp3) is 0.350. The minimum atomic E-state index is -1.46. The van der Waals surface area contributed by atoms with Gasteiger partial charge in [-0.1, -0.05) is 13.2 Å². The molecule has 7 nitrogen and oxygen atoms in total. The number of hydrogen-bond donors (Lipinski definition) is 1. The Labute approximate surface area is 158 Å². The van der Waals surface area contributed by atoms with Gasteiger partial charge in [0, 0.05) is 23.4 Å². The van der Waals surface area contributed by atoms with Crippen LogP contribution in [0.25, 0.3) is 0 Å². The van der Waals surface area contributed by atoms with Crippen LogP contribution in [-0.4, -0.2) is 54.7 Å². The first-order valence-corrected chi connectivity index (χ1v) is 8.39. The van der Waals surface area contributed by atoms with Gasteiger partial charge in [-0.2, -0.15) is 0 Å². The Hall–Kier alpha value is -2.93. The van der Waals surface area contributed by atoms with Crippen LogP contribution in [-0.2, 0) is 19.1 Å². The molecule has 0 saturated carbocycles. The summed E-state index contributed by atoms with van der Waals surface area (Å²) in [6.07, 6.45) is 2.15. The van der Waals surface area contributed by atoms with Gasteiger partial charge in [0.25, 0.3) is 0 Å². The number of ketones is 1. The zero-order valence-corrected chi connectivity index (χ0v) is 15.6. The van der Waals surface area contributed by atoms with E-state index in [2.05, 4.69) is 13.2 Å². The summed E-state index contributed by atoms with van der Waals surface area (Å²) >= 11 is 0. The van der Waals surface area contributed by atoms with Crippen molar-refractivity contribution in [2.45, 2.75) is 19.4 Å². The van der Waals surface area contributed by atoms with E-state index in [1.807, 2.05) is 4.90 Å².